The highest BCUT2D eigenvalue weighted by Crippen LogP contribution is 2.24. The van der Waals surface area contributed by atoms with Gasteiger partial charge in [-0.3, -0.25) is 9.59 Å². The van der Waals surface area contributed by atoms with Crippen LogP contribution in [0.25, 0.3) is 0 Å². The Morgan fingerprint density at radius 3 is 2.72 bits per heavy atom. The summed E-state index contributed by atoms with van der Waals surface area (Å²) in [7, 11) is 0. The second-order valence-corrected chi connectivity index (χ2v) is 4.27. The first kappa shape index (κ1) is 12.6. The lowest BCUT2D eigenvalue weighted by Crippen LogP contribution is -2.25. The van der Waals surface area contributed by atoms with Gasteiger partial charge in [-0.2, -0.15) is 0 Å². The zero-order valence-corrected chi connectivity index (χ0v) is 9.81. The van der Waals surface area contributed by atoms with Crippen LogP contribution < -0.4 is 11.3 Å². The summed E-state index contributed by atoms with van der Waals surface area (Å²) in [4.78, 5) is 29.1. The van der Waals surface area contributed by atoms with E-state index in [0.717, 1.165) is 12.8 Å². The first-order valence-electron chi connectivity index (χ1n) is 5.76. The monoisotopic (exact) mass is 253 g/mol. The number of nitrogens with one attached hydrogen (secondary N) is 1. The van der Waals surface area contributed by atoms with Crippen molar-refractivity contribution in [2.45, 2.75) is 25.2 Å². The van der Waals surface area contributed by atoms with E-state index in [4.69, 9.17) is 15.6 Å². The largest absolute Gasteiger partial charge is 0.481 e. The molecule has 0 atom stereocenters. The number of nitrogens with two attached hydrogens (primary N) is 1. The molecule has 7 heteroatoms. The Bertz CT molecular complexity index is 506. The molecule has 0 saturated carbocycles. The van der Waals surface area contributed by atoms with Crippen LogP contribution in [0.1, 0.15) is 30.1 Å². The maximum Gasteiger partial charge on any atom is 0.308 e. The molecule has 2 rings (SSSR count). The molecule has 1 aromatic rings. The van der Waals surface area contributed by atoms with E-state index >= 15 is 0 Å². The van der Waals surface area contributed by atoms with Crippen molar-refractivity contribution in [1.82, 2.24) is 9.97 Å². The van der Waals surface area contributed by atoms with Crippen LogP contribution in [0.5, 0.6) is 0 Å². The Morgan fingerprint density at radius 1 is 1.50 bits per heavy atom. The van der Waals surface area contributed by atoms with Crippen molar-refractivity contribution < 1.29 is 14.6 Å². The molecule has 1 fully saturated rings. The lowest BCUT2D eigenvalue weighted by Gasteiger charge is -2.21. The van der Waals surface area contributed by atoms with Gasteiger partial charge >= 0.3 is 5.97 Å². The van der Waals surface area contributed by atoms with Gasteiger partial charge in [0.1, 0.15) is 11.6 Å². The summed E-state index contributed by atoms with van der Waals surface area (Å²) in [5.41, 5.74) is 5.20. The quantitative estimate of drug-likeness (QED) is 0.690. The Balaban J connectivity index is 2.29. The molecule has 1 aliphatic rings. The molecule has 1 saturated heterocycles. The number of nitrogens with zero attached hydrogens (tertiary/aromatic N) is 1. The lowest BCUT2D eigenvalue weighted by atomic mass is 9.99. The molecule has 18 heavy (non-hydrogen) atoms. The van der Waals surface area contributed by atoms with Gasteiger partial charge in [-0.15, -0.1) is 0 Å². The van der Waals surface area contributed by atoms with Crippen molar-refractivity contribution >= 4 is 11.8 Å². The standard InChI is InChI=1S/C11H15N3O4/c12-9-7(5-8(15)16)11(17)14-10(13-9)6-1-3-18-4-2-6/h6H,1-5H2,(H,15,16)(H3,12,13,14,17). The van der Waals surface area contributed by atoms with Gasteiger partial charge in [0.2, 0.25) is 0 Å². The number of ether oxygens (including phenoxy) is 1. The SMILES string of the molecule is Nc1nc(C2CCOCC2)[nH]c(=O)c1CC(=O)O. The number of rotatable bonds is 3. The van der Waals surface area contributed by atoms with Gasteiger partial charge in [-0.25, -0.2) is 4.98 Å². The van der Waals surface area contributed by atoms with Crippen molar-refractivity contribution in [1.29, 1.82) is 0 Å². The van der Waals surface area contributed by atoms with E-state index in [1.54, 1.807) is 0 Å². The fraction of sp³-hybridized carbons (Fsp3) is 0.545. The summed E-state index contributed by atoms with van der Waals surface area (Å²) in [5.74, 6) is -0.460. The average Bonchev–Trinajstić information content (AvgIpc) is 2.34. The van der Waals surface area contributed by atoms with Crippen LogP contribution in [0.4, 0.5) is 5.82 Å². The minimum Gasteiger partial charge on any atom is -0.481 e. The third-order valence-corrected chi connectivity index (χ3v) is 3.00. The third-order valence-electron chi connectivity index (χ3n) is 3.00. The fourth-order valence-electron chi connectivity index (χ4n) is 2.02. The maximum atomic E-state index is 11.8. The second kappa shape index (κ2) is 5.18. The number of aromatic nitrogens is 2. The topological polar surface area (TPSA) is 118 Å². The predicted octanol–water partition coefficient (Wildman–Crippen LogP) is -0.127. The van der Waals surface area contributed by atoms with Crippen LogP contribution >= 0.6 is 0 Å². The van der Waals surface area contributed by atoms with Gasteiger partial charge in [-0.1, -0.05) is 0 Å². The zero-order chi connectivity index (χ0) is 13.1. The number of nitrogen functional groups attached to an aromatic ring is 1. The van der Waals surface area contributed by atoms with Crippen molar-refractivity contribution in [2.75, 3.05) is 18.9 Å². The second-order valence-electron chi connectivity index (χ2n) is 4.27. The number of aromatic amines is 1. The molecular formula is C11H15N3O4. The van der Waals surface area contributed by atoms with Crippen LogP contribution in [0.2, 0.25) is 0 Å². The van der Waals surface area contributed by atoms with E-state index in [-0.39, 0.29) is 17.3 Å². The predicted molar refractivity (Wildman–Crippen MR) is 63.4 cm³/mol. The average molecular weight is 253 g/mol. The molecule has 0 radical (unpaired) electrons. The molecule has 0 spiro atoms. The van der Waals surface area contributed by atoms with Crippen molar-refractivity contribution in [3.63, 3.8) is 0 Å². The van der Waals surface area contributed by atoms with Crippen LogP contribution in [-0.2, 0) is 16.0 Å². The number of aliphatic carboxylic acids is 1. The molecule has 0 aliphatic carbocycles. The van der Waals surface area contributed by atoms with Gasteiger partial charge in [0.25, 0.3) is 5.56 Å². The molecule has 2 heterocycles. The summed E-state index contributed by atoms with van der Waals surface area (Å²) in [6.45, 7) is 1.26. The molecule has 98 valence electrons. The summed E-state index contributed by atoms with van der Waals surface area (Å²) in [6, 6.07) is 0. The Morgan fingerprint density at radius 2 is 2.17 bits per heavy atom. The smallest absolute Gasteiger partial charge is 0.308 e. The number of hydrogen-bond donors (Lipinski definition) is 3. The zero-order valence-electron chi connectivity index (χ0n) is 9.81. The fourth-order valence-corrected chi connectivity index (χ4v) is 2.02. The van der Waals surface area contributed by atoms with Gasteiger partial charge in [0, 0.05) is 19.1 Å². The molecule has 1 aliphatic heterocycles. The first-order chi connectivity index (χ1) is 8.58. The molecule has 0 unspecified atom stereocenters. The summed E-state index contributed by atoms with van der Waals surface area (Å²) in [5, 5.41) is 8.68. The van der Waals surface area contributed by atoms with Crippen LogP contribution in [0.15, 0.2) is 4.79 Å². The normalized spacial score (nSPS) is 16.7. The number of carbonyl (C=O) groups is 1. The highest BCUT2D eigenvalue weighted by atomic mass is 16.5. The van der Waals surface area contributed by atoms with Crippen LogP contribution in [0, 0.1) is 0 Å². The minimum atomic E-state index is -1.10. The van der Waals surface area contributed by atoms with Crippen molar-refractivity contribution in [2.24, 2.45) is 0 Å². The van der Waals surface area contributed by atoms with E-state index in [1.807, 2.05) is 0 Å². The highest BCUT2D eigenvalue weighted by molar-refractivity contribution is 5.71. The van der Waals surface area contributed by atoms with E-state index in [2.05, 4.69) is 9.97 Å². The molecule has 0 amide bonds. The number of carboxylic acids is 1. The van der Waals surface area contributed by atoms with Gasteiger partial charge < -0.3 is 20.6 Å². The number of carboxylic acid groups (broad SMARTS) is 1. The summed E-state index contributed by atoms with van der Waals surface area (Å²) < 4.78 is 5.23. The summed E-state index contributed by atoms with van der Waals surface area (Å²) >= 11 is 0. The van der Waals surface area contributed by atoms with E-state index < -0.39 is 17.9 Å². The van der Waals surface area contributed by atoms with Gasteiger partial charge in [-0.05, 0) is 12.8 Å². The number of anilines is 1. The molecule has 0 aromatic carbocycles. The maximum absolute atomic E-state index is 11.8. The Kier molecular flexibility index (Phi) is 3.61. The van der Waals surface area contributed by atoms with Crippen LogP contribution in [0.3, 0.4) is 0 Å². The number of hydrogen-bond acceptors (Lipinski definition) is 5. The Hall–Kier alpha value is -1.89. The van der Waals surface area contributed by atoms with Crippen molar-refractivity contribution in [3.05, 3.63) is 21.7 Å². The van der Waals surface area contributed by atoms with Crippen molar-refractivity contribution in [3.8, 4) is 0 Å². The van der Waals surface area contributed by atoms with E-state index in [0.29, 0.717) is 19.0 Å². The van der Waals surface area contributed by atoms with Crippen LogP contribution in [-0.4, -0.2) is 34.3 Å². The van der Waals surface area contributed by atoms with E-state index in [9.17, 15) is 9.59 Å². The van der Waals surface area contributed by atoms with Gasteiger partial charge in [0.15, 0.2) is 0 Å². The molecule has 4 N–H and O–H groups in total. The molecular weight excluding hydrogens is 238 g/mol. The number of H-pyrrole nitrogens is 1. The Labute approximate surface area is 103 Å². The van der Waals surface area contributed by atoms with E-state index in [1.165, 1.54) is 0 Å². The highest BCUT2D eigenvalue weighted by Gasteiger charge is 2.20. The molecule has 1 aromatic heterocycles. The minimum absolute atomic E-state index is 0.00245. The first-order valence-corrected chi connectivity index (χ1v) is 5.76. The summed E-state index contributed by atoms with van der Waals surface area (Å²) in [6.07, 6.45) is 1.14. The van der Waals surface area contributed by atoms with Gasteiger partial charge in [0.05, 0.1) is 12.0 Å². The lowest BCUT2D eigenvalue weighted by molar-refractivity contribution is -0.136. The molecule has 0 bridgehead atoms. The third kappa shape index (κ3) is 2.67. The molecule has 7 nitrogen and oxygen atoms in total.